The van der Waals surface area contributed by atoms with Crippen molar-refractivity contribution in [1.29, 1.82) is 0 Å². The summed E-state index contributed by atoms with van der Waals surface area (Å²) in [5.74, 6) is 0.0435. The van der Waals surface area contributed by atoms with Crippen LogP contribution >= 0.6 is 23.2 Å². The number of carbonyl (C=O) groups is 1. The van der Waals surface area contributed by atoms with E-state index >= 15 is 0 Å². The predicted molar refractivity (Wildman–Crippen MR) is 125 cm³/mol. The molecular formula is C25H16Cl2N2O3. The molecule has 5 rings (SSSR count). The number of oxazole rings is 1. The second-order valence-electron chi connectivity index (χ2n) is 7.30. The largest absolute Gasteiger partial charge is 0.508 e. The van der Waals surface area contributed by atoms with Gasteiger partial charge in [0.1, 0.15) is 10.9 Å². The van der Waals surface area contributed by atoms with Crippen LogP contribution < -0.4 is 0 Å². The summed E-state index contributed by atoms with van der Waals surface area (Å²) >= 11 is 12.7. The van der Waals surface area contributed by atoms with Crippen LogP contribution in [0.15, 0.2) is 83.4 Å². The molecule has 0 aliphatic rings. The average molecular weight is 463 g/mol. The third kappa shape index (κ3) is 3.66. The molecule has 0 spiro atoms. The number of carbonyl (C=O) groups excluding carboxylic acids is 1. The highest BCUT2D eigenvalue weighted by atomic mass is 35.5. The number of aromatic hydroxyl groups is 1. The van der Waals surface area contributed by atoms with E-state index < -0.39 is 5.78 Å². The molecule has 0 radical (unpaired) electrons. The molecule has 2 heterocycles. The van der Waals surface area contributed by atoms with Crippen molar-refractivity contribution in [3.05, 3.63) is 106 Å². The molecule has 0 fully saturated rings. The number of benzene rings is 3. The summed E-state index contributed by atoms with van der Waals surface area (Å²) in [5, 5.41) is 11.5. The Bertz CT molecular complexity index is 1440. The summed E-state index contributed by atoms with van der Waals surface area (Å²) in [6, 6.07) is 21.5. The van der Waals surface area contributed by atoms with E-state index in [4.69, 9.17) is 27.6 Å². The maximum atomic E-state index is 13.4. The van der Waals surface area contributed by atoms with Gasteiger partial charge in [0.05, 0.1) is 17.3 Å². The van der Waals surface area contributed by atoms with Gasteiger partial charge in [0, 0.05) is 22.5 Å². The minimum Gasteiger partial charge on any atom is -0.508 e. The number of fused-ring (bicyclic) bond motifs is 1. The number of hydrogen-bond acceptors (Lipinski definition) is 4. The van der Waals surface area contributed by atoms with Crippen LogP contribution in [0.3, 0.4) is 0 Å². The molecule has 0 amide bonds. The van der Waals surface area contributed by atoms with E-state index in [1.165, 1.54) is 12.3 Å². The van der Waals surface area contributed by atoms with Crippen molar-refractivity contribution >= 4 is 39.9 Å². The summed E-state index contributed by atoms with van der Waals surface area (Å²) in [4.78, 5) is 17.7. The average Bonchev–Trinajstić information content (AvgIpc) is 3.39. The molecule has 1 N–H and O–H groups in total. The van der Waals surface area contributed by atoms with Crippen LogP contribution in [0.5, 0.6) is 5.75 Å². The molecule has 32 heavy (non-hydrogen) atoms. The normalized spacial score (nSPS) is 11.2. The Labute approximate surface area is 193 Å². The first-order chi connectivity index (χ1) is 15.5. The molecule has 2 aromatic heterocycles. The van der Waals surface area contributed by atoms with E-state index in [-0.39, 0.29) is 22.2 Å². The Hall–Kier alpha value is -3.54. The van der Waals surface area contributed by atoms with Crippen LogP contribution in [0, 0.1) is 0 Å². The Kier molecular flexibility index (Phi) is 5.21. The van der Waals surface area contributed by atoms with E-state index in [1.807, 2.05) is 47.0 Å². The van der Waals surface area contributed by atoms with Crippen molar-refractivity contribution in [1.82, 2.24) is 9.55 Å². The number of aromatic nitrogens is 2. The Morgan fingerprint density at radius 2 is 1.75 bits per heavy atom. The van der Waals surface area contributed by atoms with E-state index in [2.05, 4.69) is 4.98 Å². The third-order valence-corrected chi connectivity index (χ3v) is 5.86. The maximum absolute atomic E-state index is 13.4. The number of halogens is 2. The van der Waals surface area contributed by atoms with Gasteiger partial charge in [0.2, 0.25) is 11.7 Å². The molecule has 0 saturated heterocycles. The van der Waals surface area contributed by atoms with Gasteiger partial charge < -0.3 is 14.1 Å². The van der Waals surface area contributed by atoms with Crippen molar-refractivity contribution in [2.24, 2.45) is 0 Å². The fourth-order valence-corrected chi connectivity index (χ4v) is 4.14. The van der Waals surface area contributed by atoms with Crippen LogP contribution in [-0.2, 0) is 6.54 Å². The molecule has 0 unspecified atom stereocenters. The van der Waals surface area contributed by atoms with Crippen LogP contribution in [-0.4, -0.2) is 20.4 Å². The lowest BCUT2D eigenvalue weighted by Crippen LogP contribution is -2.03. The SMILES string of the molecule is O=C(c1cnc(-c2ccccc2)o1)c1c(Cl)n(Cc2ccc(Cl)cc2)c2ccc(O)cc12. The summed E-state index contributed by atoms with van der Waals surface area (Å²) in [6.07, 6.45) is 1.40. The van der Waals surface area contributed by atoms with E-state index in [0.717, 1.165) is 11.1 Å². The molecule has 0 saturated carbocycles. The number of phenolic OH excluding ortho intramolecular Hbond substituents is 1. The fraction of sp³-hybridized carbons (Fsp3) is 0.0400. The zero-order valence-corrected chi connectivity index (χ0v) is 18.1. The quantitative estimate of drug-likeness (QED) is 0.299. The highest BCUT2D eigenvalue weighted by Gasteiger charge is 2.26. The van der Waals surface area contributed by atoms with Gasteiger partial charge in [-0.2, -0.15) is 0 Å². The molecule has 0 atom stereocenters. The van der Waals surface area contributed by atoms with E-state index in [9.17, 15) is 9.90 Å². The van der Waals surface area contributed by atoms with Crippen LogP contribution in [0.1, 0.15) is 21.7 Å². The minimum atomic E-state index is -0.407. The number of rotatable bonds is 5. The van der Waals surface area contributed by atoms with E-state index in [0.29, 0.717) is 28.4 Å². The van der Waals surface area contributed by atoms with E-state index in [1.54, 1.807) is 24.3 Å². The third-order valence-electron chi connectivity index (χ3n) is 5.21. The van der Waals surface area contributed by atoms with Crippen molar-refractivity contribution < 1.29 is 14.3 Å². The number of hydrogen-bond donors (Lipinski definition) is 1. The topological polar surface area (TPSA) is 68.3 Å². The Morgan fingerprint density at radius 1 is 1.00 bits per heavy atom. The lowest BCUT2D eigenvalue weighted by molar-refractivity contribution is 0.101. The minimum absolute atomic E-state index is 0.0365. The number of nitrogens with zero attached hydrogens (tertiary/aromatic N) is 2. The van der Waals surface area contributed by atoms with Crippen molar-refractivity contribution in [2.75, 3.05) is 0 Å². The standard InChI is InChI=1S/C25H16Cl2N2O3/c26-17-8-6-15(7-9-17)14-29-20-11-10-18(30)12-19(20)22(24(29)27)23(31)21-13-28-25(32-21)16-4-2-1-3-5-16/h1-13,30H,14H2. The molecule has 0 bridgehead atoms. The van der Waals surface area contributed by atoms with Crippen LogP contribution in [0.2, 0.25) is 10.2 Å². The number of ketones is 1. The number of phenols is 1. The Morgan fingerprint density at radius 3 is 2.50 bits per heavy atom. The smallest absolute Gasteiger partial charge is 0.233 e. The summed E-state index contributed by atoms with van der Waals surface area (Å²) in [5.41, 5.74) is 2.70. The molecule has 3 aromatic carbocycles. The van der Waals surface area contributed by atoms with Crippen molar-refractivity contribution in [3.63, 3.8) is 0 Å². The second kappa shape index (κ2) is 8.19. The lowest BCUT2D eigenvalue weighted by Gasteiger charge is -2.08. The fourth-order valence-electron chi connectivity index (χ4n) is 3.67. The van der Waals surface area contributed by atoms with Crippen molar-refractivity contribution in [3.8, 4) is 17.2 Å². The first kappa shape index (κ1) is 20.4. The van der Waals surface area contributed by atoms with Gasteiger partial charge in [-0.1, -0.05) is 53.5 Å². The maximum Gasteiger partial charge on any atom is 0.233 e. The first-order valence-electron chi connectivity index (χ1n) is 9.82. The molecule has 0 aliphatic carbocycles. The molecule has 7 heteroatoms. The lowest BCUT2D eigenvalue weighted by atomic mass is 10.1. The molecule has 0 aliphatic heterocycles. The van der Waals surface area contributed by atoms with Gasteiger partial charge in [-0.3, -0.25) is 4.79 Å². The molecule has 5 nitrogen and oxygen atoms in total. The zero-order chi connectivity index (χ0) is 22.2. The summed E-state index contributed by atoms with van der Waals surface area (Å²) in [6.45, 7) is 0.427. The highest BCUT2D eigenvalue weighted by molar-refractivity contribution is 6.37. The van der Waals surface area contributed by atoms with Crippen molar-refractivity contribution in [2.45, 2.75) is 6.54 Å². The van der Waals surface area contributed by atoms with Gasteiger partial charge in [0.15, 0.2) is 5.76 Å². The first-order valence-corrected chi connectivity index (χ1v) is 10.6. The predicted octanol–water partition coefficient (Wildman–Crippen LogP) is 6.59. The molecule has 158 valence electrons. The van der Waals surface area contributed by atoms with Gasteiger partial charge >= 0.3 is 0 Å². The van der Waals surface area contributed by atoms with Crippen LogP contribution in [0.4, 0.5) is 0 Å². The van der Waals surface area contributed by atoms with Gasteiger partial charge in [-0.25, -0.2) is 4.98 Å². The Balaban J connectivity index is 1.60. The van der Waals surface area contributed by atoms with Crippen LogP contribution in [0.25, 0.3) is 22.4 Å². The zero-order valence-electron chi connectivity index (χ0n) is 16.6. The summed E-state index contributed by atoms with van der Waals surface area (Å²) < 4.78 is 7.58. The van der Waals surface area contributed by atoms with Gasteiger partial charge in [-0.15, -0.1) is 0 Å². The van der Waals surface area contributed by atoms with Gasteiger partial charge in [0.25, 0.3) is 0 Å². The highest BCUT2D eigenvalue weighted by Crippen LogP contribution is 2.35. The molecule has 5 aromatic rings. The second-order valence-corrected chi connectivity index (χ2v) is 8.10. The van der Waals surface area contributed by atoms with Gasteiger partial charge in [-0.05, 0) is 48.0 Å². The summed E-state index contributed by atoms with van der Waals surface area (Å²) in [7, 11) is 0. The monoisotopic (exact) mass is 462 g/mol. The molecular weight excluding hydrogens is 447 g/mol.